The third-order valence-corrected chi connectivity index (χ3v) is 1.37. The Hall–Kier alpha value is -1.43. The summed E-state index contributed by atoms with van der Waals surface area (Å²) in [6, 6.07) is -1.01. The molecule has 0 aromatic rings. The first kappa shape index (κ1) is 7.67. The highest BCUT2D eigenvalue weighted by atomic mass is 16.6. The van der Waals surface area contributed by atoms with Crippen LogP contribution in [0.3, 0.4) is 0 Å². The van der Waals surface area contributed by atoms with Crippen molar-refractivity contribution in [2.24, 2.45) is 5.73 Å². The van der Waals surface area contributed by atoms with Crippen molar-refractivity contribution in [1.29, 1.82) is 0 Å². The van der Waals surface area contributed by atoms with Crippen molar-refractivity contribution in [3.63, 3.8) is 0 Å². The lowest BCUT2D eigenvalue weighted by Crippen LogP contribution is -2.53. The molecule has 0 unspecified atom stereocenters. The summed E-state index contributed by atoms with van der Waals surface area (Å²) in [5.41, 5.74) is 5.25. The minimum Gasteiger partial charge on any atom is -0.331 e. The van der Waals surface area contributed by atoms with Crippen LogP contribution >= 0.6 is 0 Å². The van der Waals surface area contributed by atoms with Crippen molar-refractivity contribution in [3.05, 3.63) is 22.3 Å². The number of nitrogens with one attached hydrogen (secondary N) is 1. The van der Waals surface area contributed by atoms with E-state index in [1.54, 1.807) is 0 Å². The predicted octanol–water partition coefficient (Wildman–Crippen LogP) is -1.40. The van der Waals surface area contributed by atoms with Crippen molar-refractivity contribution in [2.45, 2.75) is 12.2 Å². The molecule has 6 nitrogen and oxygen atoms in total. The summed E-state index contributed by atoms with van der Waals surface area (Å²) in [5.74, 6) is -0.393. The molecule has 2 atom stereocenters. The molecule has 1 aliphatic heterocycles. The Labute approximate surface area is 62.2 Å². The van der Waals surface area contributed by atoms with E-state index in [9.17, 15) is 14.9 Å². The first-order valence-electron chi connectivity index (χ1n) is 2.99. The van der Waals surface area contributed by atoms with Gasteiger partial charge in [-0.1, -0.05) is 0 Å². The molecule has 1 aliphatic rings. The van der Waals surface area contributed by atoms with E-state index in [2.05, 4.69) is 5.32 Å². The summed E-state index contributed by atoms with van der Waals surface area (Å²) in [6.45, 7) is 0. The minimum absolute atomic E-state index is 0.393. The molecule has 3 N–H and O–H groups in total. The average Bonchev–Trinajstić information content (AvgIpc) is 1.85. The van der Waals surface area contributed by atoms with Crippen LogP contribution in [0.15, 0.2) is 12.2 Å². The summed E-state index contributed by atoms with van der Waals surface area (Å²) in [5, 5.41) is 12.4. The number of nitrogens with zero attached hydrogens (tertiary/aromatic N) is 1. The molecule has 1 heterocycles. The lowest BCUT2D eigenvalue weighted by atomic mass is 10.1. The number of carbonyl (C=O) groups is 1. The number of nitro groups is 1. The Morgan fingerprint density at radius 3 is 2.82 bits per heavy atom. The number of rotatable bonds is 1. The second-order valence-electron chi connectivity index (χ2n) is 2.17. The molecular formula is C5H7N3O3. The topological polar surface area (TPSA) is 98.3 Å². The summed E-state index contributed by atoms with van der Waals surface area (Å²) in [6.07, 6.45) is 1.38. The van der Waals surface area contributed by atoms with Crippen LogP contribution in [0.2, 0.25) is 0 Å². The summed E-state index contributed by atoms with van der Waals surface area (Å²) < 4.78 is 0. The van der Waals surface area contributed by atoms with Crippen molar-refractivity contribution in [1.82, 2.24) is 5.32 Å². The van der Waals surface area contributed by atoms with Crippen LogP contribution in [0.5, 0.6) is 0 Å². The maximum Gasteiger partial charge on any atom is 0.264 e. The van der Waals surface area contributed by atoms with Gasteiger partial charge in [0.25, 0.3) is 6.04 Å². The van der Waals surface area contributed by atoms with Crippen molar-refractivity contribution in [3.8, 4) is 0 Å². The molecule has 0 aromatic heterocycles. The van der Waals surface area contributed by atoms with Crippen molar-refractivity contribution in [2.75, 3.05) is 0 Å². The number of amides is 1. The Bertz CT molecular complexity index is 225. The van der Waals surface area contributed by atoms with E-state index in [1.165, 1.54) is 6.08 Å². The lowest BCUT2D eigenvalue weighted by molar-refractivity contribution is -0.513. The maximum atomic E-state index is 10.5. The zero-order valence-corrected chi connectivity index (χ0v) is 5.56. The van der Waals surface area contributed by atoms with Crippen molar-refractivity contribution >= 4 is 5.91 Å². The van der Waals surface area contributed by atoms with Crippen LogP contribution in [0.1, 0.15) is 0 Å². The fourth-order valence-electron chi connectivity index (χ4n) is 0.805. The number of hydrogen-bond acceptors (Lipinski definition) is 4. The van der Waals surface area contributed by atoms with E-state index in [0.717, 1.165) is 6.08 Å². The third-order valence-electron chi connectivity index (χ3n) is 1.37. The quantitative estimate of drug-likeness (QED) is 0.361. The molecule has 11 heavy (non-hydrogen) atoms. The lowest BCUT2D eigenvalue weighted by Gasteiger charge is -2.17. The maximum absolute atomic E-state index is 10.5. The summed E-state index contributed by atoms with van der Waals surface area (Å²) in [7, 11) is 0. The smallest absolute Gasteiger partial charge is 0.264 e. The van der Waals surface area contributed by atoms with Gasteiger partial charge in [0.2, 0.25) is 5.91 Å². The minimum atomic E-state index is -1.01. The first-order valence-corrected chi connectivity index (χ1v) is 2.99. The van der Waals surface area contributed by atoms with Gasteiger partial charge in [0.05, 0.1) is 0 Å². The van der Waals surface area contributed by atoms with Gasteiger partial charge in [0.1, 0.15) is 0 Å². The number of carbonyl (C=O) groups excluding carboxylic acids is 1. The zero-order valence-electron chi connectivity index (χ0n) is 5.56. The van der Waals surface area contributed by atoms with Crippen LogP contribution < -0.4 is 11.1 Å². The van der Waals surface area contributed by atoms with E-state index in [-0.39, 0.29) is 0 Å². The highest BCUT2D eigenvalue weighted by molar-refractivity contribution is 5.88. The van der Waals surface area contributed by atoms with Gasteiger partial charge in [-0.2, -0.15) is 0 Å². The van der Waals surface area contributed by atoms with Crippen LogP contribution in [0, 0.1) is 10.1 Å². The number of nitrogens with two attached hydrogens (primary N) is 1. The van der Waals surface area contributed by atoms with Gasteiger partial charge < -0.3 is 11.1 Å². The van der Waals surface area contributed by atoms with E-state index in [0.29, 0.717) is 0 Å². The molecule has 0 saturated heterocycles. The van der Waals surface area contributed by atoms with Crippen LogP contribution in [0.4, 0.5) is 0 Å². The van der Waals surface area contributed by atoms with Gasteiger partial charge in [-0.15, -0.1) is 0 Å². The van der Waals surface area contributed by atoms with E-state index < -0.39 is 23.0 Å². The SMILES string of the molecule is N[C@@H]1NC(=O)C=C[C@@H]1[N+](=O)[O-]. The molecule has 1 amide bonds. The van der Waals surface area contributed by atoms with E-state index in [1.807, 2.05) is 0 Å². The van der Waals surface area contributed by atoms with E-state index in [4.69, 9.17) is 5.73 Å². The highest BCUT2D eigenvalue weighted by Crippen LogP contribution is 2.00. The van der Waals surface area contributed by atoms with Gasteiger partial charge in [-0.05, 0) is 6.08 Å². The first-order chi connectivity index (χ1) is 5.11. The second-order valence-corrected chi connectivity index (χ2v) is 2.17. The number of hydrogen-bond donors (Lipinski definition) is 2. The van der Waals surface area contributed by atoms with Gasteiger partial charge in [0, 0.05) is 11.0 Å². The van der Waals surface area contributed by atoms with Gasteiger partial charge >= 0.3 is 0 Å². The van der Waals surface area contributed by atoms with Gasteiger partial charge in [-0.25, -0.2) is 0 Å². The molecule has 0 spiro atoms. The Balaban J connectivity index is 2.76. The monoisotopic (exact) mass is 157 g/mol. The molecule has 0 bridgehead atoms. The largest absolute Gasteiger partial charge is 0.331 e. The fraction of sp³-hybridized carbons (Fsp3) is 0.400. The molecule has 0 aliphatic carbocycles. The summed E-state index contributed by atoms with van der Waals surface area (Å²) >= 11 is 0. The molecular weight excluding hydrogens is 150 g/mol. The van der Waals surface area contributed by atoms with Gasteiger partial charge in [-0.3, -0.25) is 14.9 Å². The standard InChI is InChI=1S/C5H7N3O3/c6-5-3(8(10)11)1-2-4(9)7-5/h1-3,5H,6H2,(H,7,9)/t3-,5+/m0/s1. The van der Waals surface area contributed by atoms with Crippen LogP contribution in [0.25, 0.3) is 0 Å². The Morgan fingerprint density at radius 2 is 2.36 bits per heavy atom. The highest BCUT2D eigenvalue weighted by Gasteiger charge is 2.29. The molecule has 60 valence electrons. The molecule has 0 saturated carbocycles. The summed E-state index contributed by atoms with van der Waals surface area (Å²) in [4.78, 5) is 20.2. The zero-order chi connectivity index (χ0) is 8.43. The second kappa shape index (κ2) is 2.67. The van der Waals surface area contributed by atoms with Crippen molar-refractivity contribution < 1.29 is 9.72 Å². The Kier molecular flexibility index (Phi) is 1.86. The molecule has 1 rings (SSSR count). The normalized spacial score (nSPS) is 29.7. The van der Waals surface area contributed by atoms with Gasteiger partial charge in [0.15, 0.2) is 6.17 Å². The molecule has 0 radical (unpaired) electrons. The van der Waals surface area contributed by atoms with Crippen LogP contribution in [-0.2, 0) is 4.79 Å². The fourth-order valence-corrected chi connectivity index (χ4v) is 0.805. The Morgan fingerprint density at radius 1 is 1.73 bits per heavy atom. The van der Waals surface area contributed by atoms with Crippen LogP contribution in [-0.4, -0.2) is 23.0 Å². The molecule has 0 aromatic carbocycles. The predicted molar refractivity (Wildman–Crippen MR) is 36.0 cm³/mol. The van der Waals surface area contributed by atoms with E-state index >= 15 is 0 Å². The molecule has 6 heteroatoms. The third kappa shape index (κ3) is 1.53. The average molecular weight is 157 g/mol. The molecule has 0 fully saturated rings.